The number of carbonyl (C=O) groups is 1. The molecule has 2 N–H and O–H groups in total. The van der Waals surface area contributed by atoms with Crippen molar-refractivity contribution < 1.29 is 60.5 Å². The van der Waals surface area contributed by atoms with Crippen LogP contribution in [0.1, 0.15) is 6.92 Å². The minimum absolute atomic E-state index is 0.170. The summed E-state index contributed by atoms with van der Waals surface area (Å²) in [4.78, 5) is 8.89. The van der Waals surface area contributed by atoms with Crippen molar-refractivity contribution in [3.63, 3.8) is 0 Å². The number of hydrogen-bond donors (Lipinski definition) is 1. The molecule has 9 heavy (non-hydrogen) atoms. The number of carbonyl (C=O) groups excluding carboxylic acids is 1. The van der Waals surface area contributed by atoms with Gasteiger partial charge in [-0.05, 0) is 6.92 Å². The zero-order valence-electron chi connectivity index (χ0n) is 6.31. The summed E-state index contributed by atoms with van der Waals surface area (Å²) >= 11 is -0.340. The normalized spacial score (nSPS) is 5.67. The second-order valence-electron chi connectivity index (χ2n) is 1.60. The maximum atomic E-state index is 8.89. The average Bonchev–Trinajstić information content (AvgIpc) is 1.66. The number of carboxylic acids is 1. The molecule has 0 aliphatic carbocycles. The van der Waals surface area contributed by atoms with E-state index in [2.05, 4.69) is 9.71 Å². The number of hydrogen-bond acceptors (Lipinski definition) is 2. The SMILES string of the molecule is CC(=O)[O-].[CH3][Hg][NH2+][Hg][CH3]. The molecule has 0 radical (unpaired) electrons. The van der Waals surface area contributed by atoms with E-state index in [0.29, 0.717) is 0 Å². The van der Waals surface area contributed by atoms with Crippen LogP contribution >= 0.6 is 0 Å². The molecule has 3 nitrogen and oxygen atoms in total. The third-order valence-corrected chi connectivity index (χ3v) is 44.5. The Labute approximate surface area is 81.3 Å². The standard InChI is InChI=1S/C2H4O2.2CH3.2Hg.H2N/c1-2(3)4;;;;;/h1H3,(H,3,4);2*1H3;;;1H2/q;;;;;+1/p-1. The third kappa shape index (κ3) is 45.5. The molecule has 0 heterocycles. The summed E-state index contributed by atoms with van der Waals surface area (Å²) in [6.45, 7) is 0.972. The van der Waals surface area contributed by atoms with Crippen LogP contribution in [-0.2, 0) is 54.5 Å². The molecule has 0 atom stereocenters. The fourth-order valence-electron chi connectivity index (χ4n) is 0.289. The number of quaternary nitrogens is 1. The number of carboxylic acid groups (broad SMARTS) is 1. The molecule has 0 spiro atoms. The van der Waals surface area contributed by atoms with Crippen molar-refractivity contribution in [3.05, 3.63) is 0 Å². The van der Waals surface area contributed by atoms with Crippen LogP contribution in [0.5, 0.6) is 0 Å². The van der Waals surface area contributed by atoms with E-state index in [1.54, 1.807) is 0 Å². The summed E-state index contributed by atoms with van der Waals surface area (Å²) in [5, 5.41) is 8.89. The van der Waals surface area contributed by atoms with Gasteiger partial charge >= 0.3 is 59.5 Å². The van der Waals surface area contributed by atoms with Gasteiger partial charge in [-0.3, -0.25) is 0 Å². The molecule has 0 saturated heterocycles. The summed E-state index contributed by atoms with van der Waals surface area (Å²) in [5.74, 6) is -1.08. The Morgan fingerprint density at radius 2 is 1.67 bits per heavy atom. The van der Waals surface area contributed by atoms with Crippen molar-refractivity contribution in [2.24, 2.45) is 0 Å². The maximum absolute atomic E-state index is 8.89. The van der Waals surface area contributed by atoms with E-state index in [0.717, 1.165) is 6.92 Å². The predicted molar refractivity (Wildman–Crippen MR) is 24.3 cm³/mol. The Bertz CT molecular complexity index is 63.6. The van der Waals surface area contributed by atoms with Crippen LogP contribution in [-0.4, -0.2) is 5.97 Å². The molecule has 0 aromatic heterocycles. The van der Waals surface area contributed by atoms with Crippen LogP contribution in [0.3, 0.4) is 0 Å². The summed E-state index contributed by atoms with van der Waals surface area (Å²) in [7, 11) is 0. The molecule has 0 fully saturated rings. The van der Waals surface area contributed by atoms with Gasteiger partial charge in [0.2, 0.25) is 0 Å². The molecule has 0 amide bonds. The van der Waals surface area contributed by atoms with Crippen molar-refractivity contribution in [1.82, 2.24) is 0 Å². The van der Waals surface area contributed by atoms with Crippen molar-refractivity contribution in [3.8, 4) is 0 Å². The molecule has 48 valence electrons. The molecule has 0 aromatic rings. The Morgan fingerprint density at radius 3 is 1.67 bits per heavy atom. The van der Waals surface area contributed by atoms with E-state index in [4.69, 9.17) is 9.90 Å². The van der Waals surface area contributed by atoms with Gasteiger partial charge in [-0.15, -0.1) is 0 Å². The van der Waals surface area contributed by atoms with E-state index in [1.165, 1.54) is 0 Å². The molecule has 0 saturated carbocycles. The summed E-state index contributed by atoms with van der Waals surface area (Å²) < 4.78 is 7.56. The minimum atomic E-state index is -1.08. The number of aliphatic carboxylic acids is 1. The Kier molecular flexibility index (Phi) is 17.3. The van der Waals surface area contributed by atoms with Crippen LogP contribution in [0, 0.1) is 0 Å². The Balaban J connectivity index is 0. The van der Waals surface area contributed by atoms with Crippen LogP contribution in [0.4, 0.5) is 0 Å². The van der Waals surface area contributed by atoms with E-state index >= 15 is 0 Å². The van der Waals surface area contributed by atoms with E-state index in [-0.39, 0.29) is 49.8 Å². The second-order valence-corrected chi connectivity index (χ2v) is 29.9. The zero-order valence-corrected chi connectivity index (χ0v) is 17.3. The van der Waals surface area contributed by atoms with Gasteiger partial charge in [0.25, 0.3) is 0 Å². The molecule has 0 aliphatic rings. The number of rotatable bonds is 2. The van der Waals surface area contributed by atoms with Gasteiger partial charge in [0.1, 0.15) is 0 Å². The van der Waals surface area contributed by atoms with Crippen molar-refractivity contribution in [2.75, 3.05) is 0 Å². The molecular weight excluding hydrogens is 495 g/mol. The van der Waals surface area contributed by atoms with Gasteiger partial charge in [0.15, 0.2) is 0 Å². The summed E-state index contributed by atoms with van der Waals surface area (Å²) in [6.07, 6.45) is 0. The van der Waals surface area contributed by atoms with E-state index in [9.17, 15) is 0 Å². The van der Waals surface area contributed by atoms with Gasteiger partial charge in [0, 0.05) is 5.97 Å². The predicted octanol–water partition coefficient (Wildman–Crippen LogP) is -1.60. The van der Waals surface area contributed by atoms with Gasteiger partial charge in [-0.1, -0.05) is 0 Å². The molecule has 0 aromatic carbocycles. The molecule has 0 unspecified atom stereocenters. The summed E-state index contributed by atoms with van der Waals surface area (Å²) in [6, 6.07) is 0. The van der Waals surface area contributed by atoms with E-state index < -0.39 is 5.97 Å². The van der Waals surface area contributed by atoms with Crippen LogP contribution in [0.2, 0.25) is 8.86 Å². The summed E-state index contributed by atoms with van der Waals surface area (Å²) in [5.41, 5.74) is 0. The Hall–Kier alpha value is 1.30. The molecular formula is C4H11Hg2NO2. The van der Waals surface area contributed by atoms with Gasteiger partial charge in [-0.25, -0.2) is 0 Å². The first-order valence-electron chi connectivity index (χ1n) is 3.14. The van der Waals surface area contributed by atoms with E-state index in [1.807, 2.05) is 0 Å². The first kappa shape index (κ1) is 12.9. The second kappa shape index (κ2) is 12.0. The molecule has 0 aliphatic heterocycles. The van der Waals surface area contributed by atoms with Crippen LogP contribution in [0.15, 0.2) is 0 Å². The zero-order chi connectivity index (χ0) is 7.70. The molecule has 5 heteroatoms. The van der Waals surface area contributed by atoms with Crippen LogP contribution in [0.25, 0.3) is 0 Å². The monoisotopic (exact) mass is 509 g/mol. The van der Waals surface area contributed by atoms with Crippen molar-refractivity contribution in [2.45, 2.75) is 15.8 Å². The fourth-order valence-corrected chi connectivity index (χ4v) is 22.2. The average molecular weight is 506 g/mol. The Morgan fingerprint density at radius 1 is 1.44 bits per heavy atom. The van der Waals surface area contributed by atoms with Crippen molar-refractivity contribution >= 4 is 5.97 Å². The van der Waals surface area contributed by atoms with Gasteiger partial charge in [-0.2, -0.15) is 0 Å². The molecule has 0 bridgehead atoms. The number of nitrogens with two attached hydrogens (primary N) is 1. The topological polar surface area (TPSA) is 56.7 Å². The van der Waals surface area contributed by atoms with Crippen molar-refractivity contribution in [1.29, 1.82) is 0 Å². The first-order valence-corrected chi connectivity index (χ1v) is 20.5. The van der Waals surface area contributed by atoms with Gasteiger partial charge in [0.05, 0.1) is 0 Å². The molecule has 0 rings (SSSR count). The third-order valence-electron chi connectivity index (χ3n) is 0.577. The fraction of sp³-hybridized carbons (Fsp3) is 0.750. The van der Waals surface area contributed by atoms with Gasteiger partial charge < -0.3 is 9.90 Å². The quantitative estimate of drug-likeness (QED) is 0.459. The first-order chi connectivity index (χ1) is 4.15. The van der Waals surface area contributed by atoms with Crippen LogP contribution < -0.4 is 5.95 Å².